The van der Waals surface area contributed by atoms with Crippen molar-refractivity contribution in [1.82, 2.24) is 10.9 Å². The number of nitrogens with one attached hydrogen (secondary N) is 2. The molecule has 134 valence electrons. The number of rotatable bonds is 6. The van der Waals surface area contributed by atoms with Crippen LogP contribution in [-0.4, -0.2) is 30.3 Å². The standard InChI is InChI=1S/C18H16BrN3O4/c1-26-16-7-6-15(19)10-14(16)11-20-21-18(24)13-4-2-3-12(9-13)5-8-17(23)22-25/h2-11,25H,1H3,(H,21,24)(H,22,23)/b8-5+,20-11+. The van der Waals surface area contributed by atoms with Gasteiger partial charge in [-0.25, -0.2) is 10.9 Å². The topological polar surface area (TPSA) is 100 Å². The average molecular weight is 418 g/mol. The van der Waals surface area contributed by atoms with Crippen LogP contribution in [0.25, 0.3) is 6.08 Å². The number of hydrazone groups is 1. The highest BCUT2D eigenvalue weighted by atomic mass is 79.9. The Morgan fingerprint density at radius 2 is 2.04 bits per heavy atom. The van der Waals surface area contributed by atoms with Crippen molar-refractivity contribution in [1.29, 1.82) is 0 Å². The molecule has 0 bridgehead atoms. The normalized spacial score (nSPS) is 10.9. The molecule has 0 aliphatic heterocycles. The number of hydrogen-bond donors (Lipinski definition) is 3. The predicted octanol–water partition coefficient (Wildman–Crippen LogP) is 2.74. The molecule has 0 saturated heterocycles. The smallest absolute Gasteiger partial charge is 0.271 e. The Morgan fingerprint density at radius 3 is 2.77 bits per heavy atom. The van der Waals surface area contributed by atoms with Crippen LogP contribution in [-0.2, 0) is 4.79 Å². The predicted molar refractivity (Wildman–Crippen MR) is 101 cm³/mol. The number of halogens is 1. The minimum atomic E-state index is -0.660. The van der Waals surface area contributed by atoms with Crippen molar-refractivity contribution in [3.05, 3.63) is 69.7 Å². The molecule has 7 nitrogen and oxygen atoms in total. The number of nitrogens with zero attached hydrogens (tertiary/aromatic N) is 1. The van der Waals surface area contributed by atoms with E-state index in [0.29, 0.717) is 22.4 Å². The molecule has 0 atom stereocenters. The molecule has 0 aliphatic rings. The van der Waals surface area contributed by atoms with E-state index in [9.17, 15) is 9.59 Å². The van der Waals surface area contributed by atoms with Gasteiger partial charge in [0.05, 0.1) is 13.3 Å². The Labute approximate surface area is 158 Å². The third kappa shape index (κ3) is 5.54. The number of hydrogen-bond acceptors (Lipinski definition) is 5. The number of carbonyl (C=O) groups is 2. The van der Waals surface area contributed by atoms with E-state index < -0.39 is 11.8 Å². The summed E-state index contributed by atoms with van der Waals surface area (Å²) in [4.78, 5) is 23.2. The van der Waals surface area contributed by atoms with Crippen LogP contribution in [0.4, 0.5) is 0 Å². The summed E-state index contributed by atoms with van der Waals surface area (Å²) in [5, 5.41) is 12.4. The molecule has 0 radical (unpaired) electrons. The van der Waals surface area contributed by atoms with Gasteiger partial charge in [0, 0.05) is 21.7 Å². The Balaban J connectivity index is 2.07. The molecule has 2 rings (SSSR count). The Hall–Kier alpha value is -2.97. The van der Waals surface area contributed by atoms with Crippen molar-refractivity contribution in [2.75, 3.05) is 7.11 Å². The molecule has 2 aromatic rings. The maximum Gasteiger partial charge on any atom is 0.271 e. The van der Waals surface area contributed by atoms with Gasteiger partial charge in [0.2, 0.25) is 0 Å². The van der Waals surface area contributed by atoms with Crippen LogP contribution < -0.4 is 15.6 Å². The second-order valence-electron chi connectivity index (χ2n) is 5.02. The maximum absolute atomic E-state index is 12.2. The van der Waals surface area contributed by atoms with Gasteiger partial charge in [-0.05, 0) is 42.0 Å². The summed E-state index contributed by atoms with van der Waals surface area (Å²) in [6.07, 6.45) is 4.10. The fourth-order valence-electron chi connectivity index (χ4n) is 2.02. The number of ether oxygens (including phenoxy) is 1. The minimum Gasteiger partial charge on any atom is -0.496 e. The summed E-state index contributed by atoms with van der Waals surface area (Å²) in [6.45, 7) is 0. The van der Waals surface area contributed by atoms with Crippen molar-refractivity contribution in [2.24, 2.45) is 5.10 Å². The van der Waals surface area contributed by atoms with Gasteiger partial charge >= 0.3 is 0 Å². The lowest BCUT2D eigenvalue weighted by atomic mass is 10.1. The van der Waals surface area contributed by atoms with Crippen molar-refractivity contribution in [3.63, 3.8) is 0 Å². The first-order chi connectivity index (χ1) is 12.5. The number of carbonyl (C=O) groups excluding carboxylic acids is 2. The van der Waals surface area contributed by atoms with Gasteiger partial charge in [-0.3, -0.25) is 14.8 Å². The van der Waals surface area contributed by atoms with Gasteiger partial charge in [-0.2, -0.15) is 5.10 Å². The number of methoxy groups -OCH3 is 1. The highest BCUT2D eigenvalue weighted by molar-refractivity contribution is 9.10. The van der Waals surface area contributed by atoms with Gasteiger partial charge in [-0.15, -0.1) is 0 Å². The second kappa shape index (κ2) is 9.50. The third-order valence-corrected chi connectivity index (χ3v) is 3.74. The molecule has 0 fully saturated rings. The Morgan fingerprint density at radius 1 is 1.23 bits per heavy atom. The van der Waals surface area contributed by atoms with Gasteiger partial charge in [0.25, 0.3) is 11.8 Å². The van der Waals surface area contributed by atoms with Crippen molar-refractivity contribution in [2.45, 2.75) is 0 Å². The molecule has 0 aliphatic carbocycles. The first-order valence-corrected chi connectivity index (χ1v) is 8.22. The van der Waals surface area contributed by atoms with E-state index in [1.807, 2.05) is 12.1 Å². The van der Waals surface area contributed by atoms with E-state index in [0.717, 1.165) is 10.5 Å². The number of benzene rings is 2. The highest BCUT2D eigenvalue weighted by Gasteiger charge is 2.05. The molecule has 2 aromatic carbocycles. The number of amides is 2. The summed E-state index contributed by atoms with van der Waals surface area (Å²) >= 11 is 3.37. The molecule has 0 aromatic heterocycles. The van der Waals surface area contributed by atoms with Crippen molar-refractivity contribution < 1.29 is 19.5 Å². The molecule has 8 heteroatoms. The van der Waals surface area contributed by atoms with E-state index in [2.05, 4.69) is 26.5 Å². The summed E-state index contributed by atoms with van der Waals surface area (Å²) in [6, 6.07) is 12.0. The zero-order valence-electron chi connectivity index (χ0n) is 13.8. The van der Waals surface area contributed by atoms with Crippen LogP contribution in [0, 0.1) is 0 Å². The summed E-state index contributed by atoms with van der Waals surface area (Å²) in [5.74, 6) is -0.440. The van der Waals surface area contributed by atoms with E-state index in [4.69, 9.17) is 9.94 Å². The lowest BCUT2D eigenvalue weighted by Gasteiger charge is -2.05. The highest BCUT2D eigenvalue weighted by Crippen LogP contribution is 2.21. The average Bonchev–Trinajstić information content (AvgIpc) is 2.66. The van der Waals surface area contributed by atoms with E-state index in [1.54, 1.807) is 37.4 Å². The summed E-state index contributed by atoms with van der Waals surface area (Å²) in [7, 11) is 1.55. The van der Waals surface area contributed by atoms with Gasteiger partial charge in [0.1, 0.15) is 5.75 Å². The molecule has 0 saturated carbocycles. The van der Waals surface area contributed by atoms with Crippen molar-refractivity contribution in [3.8, 4) is 5.75 Å². The molecular weight excluding hydrogens is 402 g/mol. The van der Waals surface area contributed by atoms with Gasteiger partial charge < -0.3 is 4.74 Å². The van der Waals surface area contributed by atoms with Crippen LogP contribution in [0.15, 0.2) is 58.1 Å². The molecule has 0 heterocycles. The van der Waals surface area contributed by atoms with E-state index in [1.165, 1.54) is 17.8 Å². The lowest BCUT2D eigenvalue weighted by molar-refractivity contribution is -0.124. The van der Waals surface area contributed by atoms with Gasteiger partial charge in [-0.1, -0.05) is 28.1 Å². The molecule has 0 unspecified atom stereocenters. The minimum absolute atomic E-state index is 0.370. The molecule has 2 amide bonds. The van der Waals surface area contributed by atoms with Gasteiger partial charge in [0.15, 0.2) is 0 Å². The monoisotopic (exact) mass is 417 g/mol. The fraction of sp³-hybridized carbons (Fsp3) is 0.0556. The Bertz CT molecular complexity index is 865. The van der Waals surface area contributed by atoms with Crippen LogP contribution in [0.1, 0.15) is 21.5 Å². The summed E-state index contributed by atoms with van der Waals surface area (Å²) in [5.41, 5.74) is 5.63. The van der Waals surface area contributed by atoms with Crippen LogP contribution in [0.5, 0.6) is 5.75 Å². The fourth-order valence-corrected chi connectivity index (χ4v) is 2.40. The molecular formula is C18H16BrN3O4. The van der Waals surface area contributed by atoms with E-state index >= 15 is 0 Å². The largest absolute Gasteiger partial charge is 0.496 e. The molecule has 0 spiro atoms. The zero-order chi connectivity index (χ0) is 18.9. The lowest BCUT2D eigenvalue weighted by Crippen LogP contribution is -2.17. The first kappa shape index (κ1) is 19.4. The van der Waals surface area contributed by atoms with Crippen LogP contribution in [0.2, 0.25) is 0 Å². The Kier molecular flexibility index (Phi) is 7.07. The third-order valence-electron chi connectivity index (χ3n) is 3.25. The van der Waals surface area contributed by atoms with Crippen LogP contribution in [0.3, 0.4) is 0 Å². The van der Waals surface area contributed by atoms with Crippen LogP contribution >= 0.6 is 15.9 Å². The molecule has 26 heavy (non-hydrogen) atoms. The first-order valence-electron chi connectivity index (χ1n) is 7.42. The van der Waals surface area contributed by atoms with Crippen molar-refractivity contribution >= 4 is 40.0 Å². The molecule has 3 N–H and O–H groups in total. The second-order valence-corrected chi connectivity index (χ2v) is 5.94. The zero-order valence-corrected chi connectivity index (χ0v) is 15.4. The SMILES string of the molecule is COc1ccc(Br)cc1/C=N/NC(=O)c1cccc(/C=C/C(=O)NO)c1. The number of hydroxylamine groups is 1. The maximum atomic E-state index is 12.2. The summed E-state index contributed by atoms with van der Waals surface area (Å²) < 4.78 is 6.09. The quantitative estimate of drug-likeness (QED) is 0.291. The van der Waals surface area contributed by atoms with E-state index in [-0.39, 0.29) is 0 Å².